The zero-order valence-electron chi connectivity index (χ0n) is 36.6. The molecular formula is C50H52N12O2. The lowest BCUT2D eigenvalue weighted by Crippen LogP contribution is -2.19. The van der Waals surface area contributed by atoms with Crippen LogP contribution in [0.4, 0.5) is 0 Å². The number of aryl methyl sites for hydroxylation is 6. The predicted octanol–water partition coefficient (Wildman–Crippen LogP) is 8.13. The van der Waals surface area contributed by atoms with E-state index in [0.717, 1.165) is 118 Å². The third-order valence-corrected chi connectivity index (χ3v) is 11.9. The van der Waals surface area contributed by atoms with Crippen molar-refractivity contribution in [1.29, 1.82) is 0 Å². The smallest absolute Gasteiger partial charge is 0.174 e. The van der Waals surface area contributed by atoms with Crippen LogP contribution in [-0.2, 0) is 26.3 Å². The number of pyridine rings is 2. The first-order valence-corrected chi connectivity index (χ1v) is 21.8. The molecule has 8 heterocycles. The van der Waals surface area contributed by atoms with Crippen LogP contribution in [0.3, 0.4) is 0 Å². The van der Waals surface area contributed by atoms with Crippen molar-refractivity contribution in [1.82, 2.24) is 58.6 Å². The minimum absolute atomic E-state index is 0.0349. The molecule has 64 heavy (non-hydrogen) atoms. The average Bonchev–Trinajstić information content (AvgIpc) is 4.14. The summed E-state index contributed by atoms with van der Waals surface area (Å²) >= 11 is 0. The molecule has 0 amide bonds. The van der Waals surface area contributed by atoms with Gasteiger partial charge in [0.05, 0.1) is 71.4 Å². The highest BCUT2D eigenvalue weighted by Gasteiger charge is 2.28. The Labute approximate surface area is 372 Å². The van der Waals surface area contributed by atoms with Gasteiger partial charge in [0.1, 0.15) is 11.6 Å². The van der Waals surface area contributed by atoms with Crippen LogP contribution in [0, 0.1) is 27.7 Å². The number of aliphatic hydroxyl groups is 2. The molecule has 0 saturated carbocycles. The van der Waals surface area contributed by atoms with Gasteiger partial charge in [-0.1, -0.05) is 48.5 Å². The SMILES string of the molecule is Cc1cn(-c2ccc(/C=C/c3nc4n(n3)CCC[C@@H]4c3ccccc3CO)nc2C)cn1.Cc1cn(-c2ccc(/C=C/c3nc4n(n3)CCC[C@H]4c3ccccc3CO)nc2C)cn1. The van der Waals surface area contributed by atoms with E-state index in [1.807, 2.05) is 131 Å². The second-order valence-electron chi connectivity index (χ2n) is 16.4. The Balaban J connectivity index is 0.000000162. The van der Waals surface area contributed by atoms with Gasteiger partial charge in [-0.2, -0.15) is 10.2 Å². The van der Waals surface area contributed by atoms with Crippen molar-refractivity contribution in [3.05, 3.63) is 178 Å². The number of rotatable bonds is 10. The molecule has 2 N–H and O–H groups in total. The molecule has 2 aromatic carbocycles. The molecule has 0 spiro atoms. The van der Waals surface area contributed by atoms with Gasteiger partial charge in [-0.05, 0) is 124 Å². The van der Waals surface area contributed by atoms with Crippen LogP contribution in [0.5, 0.6) is 0 Å². The Bertz CT molecular complexity index is 2770. The third-order valence-electron chi connectivity index (χ3n) is 11.9. The number of nitrogens with zero attached hydrogens (tertiary/aromatic N) is 12. The Morgan fingerprint density at radius 3 is 1.38 bits per heavy atom. The normalized spacial score (nSPS) is 15.9. The largest absolute Gasteiger partial charge is 0.392 e. The van der Waals surface area contributed by atoms with Gasteiger partial charge in [0.2, 0.25) is 0 Å². The first-order chi connectivity index (χ1) is 31.2. The first-order valence-electron chi connectivity index (χ1n) is 21.8. The Hall–Kier alpha value is -7.16. The van der Waals surface area contributed by atoms with Gasteiger partial charge >= 0.3 is 0 Å². The van der Waals surface area contributed by atoms with E-state index in [1.54, 1.807) is 12.7 Å². The number of fused-ring (bicyclic) bond motifs is 2. The Kier molecular flexibility index (Phi) is 12.3. The fourth-order valence-electron chi connectivity index (χ4n) is 8.81. The van der Waals surface area contributed by atoms with Crippen LogP contribution in [-0.4, -0.2) is 68.8 Å². The minimum Gasteiger partial charge on any atom is -0.392 e. The maximum absolute atomic E-state index is 9.76. The number of hydrogen-bond donors (Lipinski definition) is 2. The second kappa shape index (κ2) is 18.7. The maximum Gasteiger partial charge on any atom is 0.174 e. The van der Waals surface area contributed by atoms with Gasteiger partial charge in [0.25, 0.3) is 0 Å². The number of hydrogen-bond acceptors (Lipinski definition) is 10. The number of aliphatic hydroxyl groups excluding tert-OH is 2. The molecule has 0 aliphatic carbocycles. The van der Waals surface area contributed by atoms with Crippen LogP contribution < -0.4 is 0 Å². The summed E-state index contributed by atoms with van der Waals surface area (Å²) in [5.74, 6) is 3.60. The van der Waals surface area contributed by atoms with E-state index in [1.165, 1.54) is 0 Å². The molecule has 6 aromatic heterocycles. The first kappa shape index (κ1) is 42.2. The van der Waals surface area contributed by atoms with Crippen molar-refractivity contribution in [2.45, 2.75) is 91.5 Å². The third kappa shape index (κ3) is 9.01. The standard InChI is InChI=1S/2C25H26N6O/c2*1-17-14-30(16-26-17)23-11-9-20(27-18(23)2)10-12-24-28-25-22(8-5-13-31(25)29-24)21-7-4-3-6-19(21)15-32/h2*3-4,6-7,9-12,14,16,22,32H,5,8,13,15H2,1-2H3/b2*12-10+/t2*22-/m10/s1. The van der Waals surface area contributed by atoms with Crippen molar-refractivity contribution >= 4 is 24.3 Å². The zero-order valence-corrected chi connectivity index (χ0v) is 36.6. The molecule has 14 nitrogen and oxygen atoms in total. The molecule has 0 bridgehead atoms. The van der Waals surface area contributed by atoms with E-state index in [0.29, 0.717) is 11.6 Å². The lowest BCUT2D eigenvalue weighted by atomic mass is 9.88. The van der Waals surface area contributed by atoms with Crippen molar-refractivity contribution in [2.75, 3.05) is 0 Å². The van der Waals surface area contributed by atoms with Gasteiger partial charge in [-0.3, -0.25) is 9.97 Å². The van der Waals surface area contributed by atoms with Gasteiger partial charge in [0.15, 0.2) is 11.6 Å². The van der Waals surface area contributed by atoms with E-state index >= 15 is 0 Å². The molecule has 10 rings (SSSR count). The molecule has 2 aliphatic rings. The van der Waals surface area contributed by atoms with Crippen LogP contribution in [0.1, 0.15) is 117 Å². The average molecular weight is 853 g/mol. The fourth-order valence-corrected chi connectivity index (χ4v) is 8.81. The number of imidazole rings is 2. The van der Waals surface area contributed by atoms with Crippen molar-refractivity contribution in [3.63, 3.8) is 0 Å². The van der Waals surface area contributed by atoms with E-state index in [9.17, 15) is 10.2 Å². The molecule has 0 unspecified atom stereocenters. The Morgan fingerprint density at radius 2 is 0.984 bits per heavy atom. The van der Waals surface area contributed by atoms with Crippen LogP contribution in [0.2, 0.25) is 0 Å². The summed E-state index contributed by atoms with van der Waals surface area (Å²) in [4.78, 5) is 27.7. The highest BCUT2D eigenvalue weighted by Crippen LogP contribution is 2.35. The van der Waals surface area contributed by atoms with Crippen LogP contribution in [0.25, 0.3) is 35.7 Å². The minimum atomic E-state index is 0.0349. The Morgan fingerprint density at radius 1 is 0.547 bits per heavy atom. The molecule has 8 aromatic rings. The summed E-state index contributed by atoms with van der Waals surface area (Å²) in [5, 5.41) is 28.9. The monoisotopic (exact) mass is 852 g/mol. The maximum atomic E-state index is 9.76. The lowest BCUT2D eigenvalue weighted by Gasteiger charge is -2.24. The summed E-state index contributed by atoms with van der Waals surface area (Å²) in [6.45, 7) is 9.74. The predicted molar refractivity (Wildman–Crippen MR) is 246 cm³/mol. The molecule has 0 radical (unpaired) electrons. The summed E-state index contributed by atoms with van der Waals surface area (Å²) in [6.07, 6.45) is 19.4. The molecule has 0 saturated heterocycles. The van der Waals surface area contributed by atoms with Crippen LogP contribution >= 0.6 is 0 Å². The quantitative estimate of drug-likeness (QED) is 0.137. The summed E-state index contributed by atoms with van der Waals surface area (Å²) in [5.41, 5.74) is 11.8. The van der Waals surface area contributed by atoms with Gasteiger partial charge in [-0.25, -0.2) is 29.3 Å². The summed E-state index contributed by atoms with van der Waals surface area (Å²) in [6, 6.07) is 24.2. The van der Waals surface area contributed by atoms with E-state index < -0.39 is 0 Å². The molecular weight excluding hydrogens is 801 g/mol. The fraction of sp³-hybridized carbons (Fsp3) is 0.280. The van der Waals surface area contributed by atoms with Crippen LogP contribution in [0.15, 0.2) is 97.8 Å². The number of aromatic nitrogens is 12. The van der Waals surface area contributed by atoms with E-state index in [2.05, 4.69) is 34.2 Å². The highest BCUT2D eigenvalue weighted by molar-refractivity contribution is 5.66. The van der Waals surface area contributed by atoms with E-state index in [4.69, 9.17) is 30.1 Å². The van der Waals surface area contributed by atoms with Crippen molar-refractivity contribution in [2.24, 2.45) is 0 Å². The van der Waals surface area contributed by atoms with Gasteiger partial charge < -0.3 is 19.3 Å². The molecule has 2 aliphatic heterocycles. The van der Waals surface area contributed by atoms with Gasteiger partial charge in [-0.15, -0.1) is 0 Å². The highest BCUT2D eigenvalue weighted by atomic mass is 16.3. The lowest BCUT2D eigenvalue weighted by molar-refractivity contribution is 0.279. The second-order valence-corrected chi connectivity index (χ2v) is 16.4. The molecule has 2 atom stereocenters. The van der Waals surface area contributed by atoms with E-state index in [-0.39, 0.29) is 25.0 Å². The molecule has 14 heteroatoms. The summed E-state index contributed by atoms with van der Waals surface area (Å²) in [7, 11) is 0. The molecule has 0 fully saturated rings. The van der Waals surface area contributed by atoms with Crippen molar-refractivity contribution in [3.8, 4) is 11.4 Å². The molecule has 324 valence electrons. The summed E-state index contributed by atoms with van der Waals surface area (Å²) < 4.78 is 7.98. The van der Waals surface area contributed by atoms with Gasteiger partial charge in [0, 0.05) is 37.3 Å². The zero-order chi connectivity index (χ0) is 44.2. The van der Waals surface area contributed by atoms with Crippen molar-refractivity contribution < 1.29 is 10.2 Å². The number of benzene rings is 2. The topological polar surface area (TPSA) is 163 Å².